The molecule has 1 atom stereocenters. The van der Waals surface area contributed by atoms with Crippen molar-refractivity contribution in [3.05, 3.63) is 65.5 Å². The number of anilines is 1. The van der Waals surface area contributed by atoms with Crippen LogP contribution in [0.3, 0.4) is 0 Å². The van der Waals surface area contributed by atoms with Crippen molar-refractivity contribution in [2.45, 2.75) is 26.8 Å². The zero-order valence-electron chi connectivity index (χ0n) is 16.8. The highest BCUT2D eigenvalue weighted by molar-refractivity contribution is 5.78. The van der Waals surface area contributed by atoms with Crippen LogP contribution < -0.4 is 10.2 Å². The Bertz CT molecular complexity index is 773. The van der Waals surface area contributed by atoms with Gasteiger partial charge in [0.2, 0.25) is 5.91 Å². The molecule has 1 N–H and O–H groups in total. The molecule has 1 saturated heterocycles. The highest BCUT2D eigenvalue weighted by atomic mass is 19.1. The fourth-order valence-electron chi connectivity index (χ4n) is 3.65. The number of hydrogen-bond acceptors (Lipinski definition) is 3. The van der Waals surface area contributed by atoms with Crippen molar-refractivity contribution >= 4 is 11.6 Å². The molecule has 0 spiro atoms. The number of likely N-dealkylation sites (N-methyl/N-ethyl adjacent to an activating group) is 1. The zero-order chi connectivity index (χ0) is 19.9. The van der Waals surface area contributed by atoms with E-state index < -0.39 is 0 Å². The number of halogens is 1. The van der Waals surface area contributed by atoms with Gasteiger partial charge in [-0.3, -0.25) is 4.79 Å². The summed E-state index contributed by atoms with van der Waals surface area (Å²) in [5.41, 5.74) is 2.58. The summed E-state index contributed by atoms with van der Waals surface area (Å²) in [5.74, 6) is -0.348. The van der Waals surface area contributed by atoms with Crippen molar-refractivity contribution in [2.24, 2.45) is 5.92 Å². The lowest BCUT2D eigenvalue weighted by atomic mass is 10.0. The standard InChI is InChI=1S/C23H30FN3O/c1-3-26-11-13-27(14-12-26)22-10-9-20(16-21(22)24)17-25-23(28)18(2)15-19-7-5-4-6-8-19/h4-10,16,18H,3,11-15,17H2,1-2H3,(H,25,28)/t18-/m1/s1. The molecule has 2 aromatic carbocycles. The molecule has 2 aromatic rings. The Morgan fingerprint density at radius 3 is 2.43 bits per heavy atom. The number of carbonyl (C=O) groups is 1. The summed E-state index contributed by atoms with van der Waals surface area (Å²) >= 11 is 0. The van der Waals surface area contributed by atoms with Gasteiger partial charge >= 0.3 is 0 Å². The monoisotopic (exact) mass is 383 g/mol. The van der Waals surface area contributed by atoms with Crippen LogP contribution in [0.4, 0.5) is 10.1 Å². The van der Waals surface area contributed by atoms with Gasteiger partial charge in [-0.15, -0.1) is 0 Å². The predicted molar refractivity (Wildman–Crippen MR) is 112 cm³/mol. The third-order valence-corrected chi connectivity index (χ3v) is 5.47. The maximum absolute atomic E-state index is 14.6. The number of nitrogens with zero attached hydrogens (tertiary/aromatic N) is 2. The smallest absolute Gasteiger partial charge is 0.223 e. The lowest BCUT2D eigenvalue weighted by Gasteiger charge is -2.35. The summed E-state index contributed by atoms with van der Waals surface area (Å²) in [6.07, 6.45) is 0.698. The summed E-state index contributed by atoms with van der Waals surface area (Å²) in [6.45, 7) is 9.08. The van der Waals surface area contributed by atoms with E-state index >= 15 is 0 Å². The van der Waals surface area contributed by atoms with Crippen molar-refractivity contribution < 1.29 is 9.18 Å². The fraction of sp³-hybridized carbons (Fsp3) is 0.435. The topological polar surface area (TPSA) is 35.6 Å². The van der Waals surface area contributed by atoms with Crippen molar-refractivity contribution in [2.75, 3.05) is 37.6 Å². The molecule has 0 unspecified atom stereocenters. The van der Waals surface area contributed by atoms with Crippen LogP contribution in [-0.4, -0.2) is 43.5 Å². The Balaban J connectivity index is 1.52. The van der Waals surface area contributed by atoms with E-state index in [4.69, 9.17) is 0 Å². The summed E-state index contributed by atoms with van der Waals surface area (Å²) in [6, 6.07) is 15.3. The summed E-state index contributed by atoms with van der Waals surface area (Å²) < 4.78 is 14.6. The van der Waals surface area contributed by atoms with Crippen LogP contribution in [0.15, 0.2) is 48.5 Å². The number of nitrogens with one attached hydrogen (secondary N) is 1. The van der Waals surface area contributed by atoms with E-state index in [0.717, 1.165) is 43.9 Å². The van der Waals surface area contributed by atoms with E-state index in [-0.39, 0.29) is 17.6 Å². The van der Waals surface area contributed by atoms with Gasteiger partial charge in [0.15, 0.2) is 0 Å². The maximum atomic E-state index is 14.6. The molecule has 150 valence electrons. The lowest BCUT2D eigenvalue weighted by Crippen LogP contribution is -2.46. The molecule has 1 heterocycles. The molecular weight excluding hydrogens is 353 g/mol. The summed E-state index contributed by atoms with van der Waals surface area (Å²) in [7, 11) is 0. The average molecular weight is 384 g/mol. The molecule has 0 aromatic heterocycles. The van der Waals surface area contributed by atoms with Gasteiger partial charge in [-0.2, -0.15) is 0 Å². The molecule has 1 aliphatic rings. The van der Waals surface area contributed by atoms with Gasteiger partial charge in [-0.05, 0) is 36.2 Å². The van der Waals surface area contributed by atoms with E-state index in [1.165, 1.54) is 0 Å². The highest BCUT2D eigenvalue weighted by Gasteiger charge is 2.19. The first kappa shape index (κ1) is 20.3. The quantitative estimate of drug-likeness (QED) is 0.795. The van der Waals surface area contributed by atoms with Crippen molar-refractivity contribution in [1.29, 1.82) is 0 Å². The van der Waals surface area contributed by atoms with Crippen LogP contribution in [0, 0.1) is 11.7 Å². The van der Waals surface area contributed by atoms with Crippen LogP contribution in [0.1, 0.15) is 25.0 Å². The fourth-order valence-corrected chi connectivity index (χ4v) is 3.65. The minimum absolute atomic E-state index is 0.0102. The number of piperazine rings is 1. The van der Waals surface area contributed by atoms with E-state index in [9.17, 15) is 9.18 Å². The number of carbonyl (C=O) groups excluding carboxylic acids is 1. The van der Waals surface area contributed by atoms with Crippen LogP contribution in [0.2, 0.25) is 0 Å². The molecule has 1 amide bonds. The summed E-state index contributed by atoms with van der Waals surface area (Å²) in [4.78, 5) is 16.8. The molecule has 0 aliphatic carbocycles. The molecule has 1 fully saturated rings. The molecule has 1 aliphatic heterocycles. The Hall–Kier alpha value is -2.40. The molecule has 28 heavy (non-hydrogen) atoms. The minimum atomic E-state index is -0.214. The second kappa shape index (κ2) is 9.69. The second-order valence-electron chi connectivity index (χ2n) is 7.52. The number of rotatable bonds is 7. The van der Waals surface area contributed by atoms with Crippen LogP contribution in [0.5, 0.6) is 0 Å². The van der Waals surface area contributed by atoms with E-state index in [0.29, 0.717) is 18.7 Å². The molecule has 0 saturated carbocycles. The Labute approximate surface area is 167 Å². The lowest BCUT2D eigenvalue weighted by molar-refractivity contribution is -0.124. The number of amides is 1. The first-order valence-electron chi connectivity index (χ1n) is 10.1. The maximum Gasteiger partial charge on any atom is 0.223 e. The van der Waals surface area contributed by atoms with Crippen molar-refractivity contribution in [3.63, 3.8) is 0 Å². The van der Waals surface area contributed by atoms with Crippen molar-refractivity contribution in [3.8, 4) is 0 Å². The predicted octanol–water partition coefficient (Wildman–Crippen LogP) is 3.46. The van der Waals surface area contributed by atoms with E-state index in [2.05, 4.69) is 22.0 Å². The highest BCUT2D eigenvalue weighted by Crippen LogP contribution is 2.22. The Kier molecular flexibility index (Phi) is 7.04. The third-order valence-electron chi connectivity index (χ3n) is 5.47. The molecule has 4 nitrogen and oxygen atoms in total. The van der Waals surface area contributed by atoms with Gasteiger partial charge in [0.1, 0.15) is 5.82 Å². The molecule has 0 bridgehead atoms. The third kappa shape index (κ3) is 5.32. The summed E-state index contributed by atoms with van der Waals surface area (Å²) in [5, 5.41) is 2.93. The normalized spacial score (nSPS) is 16.0. The largest absolute Gasteiger partial charge is 0.367 e. The van der Waals surface area contributed by atoms with Gasteiger partial charge in [0, 0.05) is 38.6 Å². The second-order valence-corrected chi connectivity index (χ2v) is 7.52. The van der Waals surface area contributed by atoms with Gasteiger partial charge < -0.3 is 15.1 Å². The van der Waals surface area contributed by atoms with Gasteiger partial charge in [0.05, 0.1) is 5.69 Å². The van der Waals surface area contributed by atoms with E-state index in [1.54, 1.807) is 6.07 Å². The zero-order valence-corrected chi connectivity index (χ0v) is 16.8. The minimum Gasteiger partial charge on any atom is -0.367 e. The number of hydrogen-bond donors (Lipinski definition) is 1. The molecule has 5 heteroatoms. The number of benzene rings is 2. The SMILES string of the molecule is CCN1CCN(c2ccc(CNC(=O)[C@H](C)Cc3ccccc3)cc2F)CC1. The first-order valence-corrected chi connectivity index (χ1v) is 10.1. The average Bonchev–Trinajstić information content (AvgIpc) is 2.73. The first-order chi connectivity index (χ1) is 13.6. The molecular formula is C23H30FN3O. The Morgan fingerprint density at radius 1 is 1.07 bits per heavy atom. The van der Waals surface area contributed by atoms with Crippen LogP contribution in [0.25, 0.3) is 0 Å². The van der Waals surface area contributed by atoms with E-state index in [1.807, 2.05) is 49.4 Å². The Morgan fingerprint density at radius 2 is 1.79 bits per heavy atom. The molecule has 3 rings (SSSR count). The van der Waals surface area contributed by atoms with Gasteiger partial charge in [-0.25, -0.2) is 4.39 Å². The van der Waals surface area contributed by atoms with Crippen LogP contribution >= 0.6 is 0 Å². The van der Waals surface area contributed by atoms with Crippen LogP contribution in [-0.2, 0) is 17.8 Å². The molecule has 0 radical (unpaired) electrons. The van der Waals surface area contributed by atoms with Crippen molar-refractivity contribution in [1.82, 2.24) is 10.2 Å². The van der Waals surface area contributed by atoms with Gasteiger partial charge in [-0.1, -0.05) is 50.2 Å². The van der Waals surface area contributed by atoms with Gasteiger partial charge in [0.25, 0.3) is 0 Å².